The van der Waals surface area contributed by atoms with Crippen molar-refractivity contribution in [3.8, 4) is 11.1 Å². The molecular formula is C25H26N3O2S-. The quantitative estimate of drug-likeness (QED) is 0.236. The van der Waals surface area contributed by atoms with Crippen LogP contribution < -0.4 is 15.8 Å². The van der Waals surface area contributed by atoms with Crippen molar-refractivity contribution in [1.82, 2.24) is 5.43 Å². The molecule has 6 heteroatoms. The third kappa shape index (κ3) is 6.12. The maximum Gasteiger partial charge on any atom is 0.191 e. The summed E-state index contributed by atoms with van der Waals surface area (Å²) in [5.74, 6) is -0.767. The molecule has 5 nitrogen and oxygen atoms in total. The Hall–Kier alpha value is -3.25. The van der Waals surface area contributed by atoms with E-state index in [4.69, 9.17) is 12.2 Å². The predicted octanol–water partition coefficient (Wildman–Crippen LogP) is 4.57. The summed E-state index contributed by atoms with van der Waals surface area (Å²) in [6.07, 6.45) is 4.11. The molecule has 0 bridgehead atoms. The number of fused-ring (bicyclic) bond motifs is 1. The highest BCUT2D eigenvalue weighted by atomic mass is 32.1. The molecule has 31 heavy (non-hydrogen) atoms. The molecule has 0 amide bonds. The SMILES string of the molecule is CC(C)c1ccc2c(CCC/C=N/NC(=S)Nc3ccccc3)cc(C(=O)[O-])c-2cc1. The Labute approximate surface area is 188 Å². The Kier molecular flexibility index (Phi) is 7.73. The van der Waals surface area contributed by atoms with Crippen LogP contribution in [-0.4, -0.2) is 17.3 Å². The molecule has 2 aliphatic carbocycles. The molecule has 0 unspecified atom stereocenters. The van der Waals surface area contributed by atoms with Crippen molar-refractivity contribution >= 4 is 35.2 Å². The van der Waals surface area contributed by atoms with Crippen molar-refractivity contribution < 1.29 is 9.90 Å². The largest absolute Gasteiger partial charge is 0.545 e. The highest BCUT2D eigenvalue weighted by Crippen LogP contribution is 2.33. The summed E-state index contributed by atoms with van der Waals surface area (Å²) in [6, 6.07) is 19.4. The van der Waals surface area contributed by atoms with Crippen LogP contribution in [0.3, 0.4) is 0 Å². The molecule has 0 aliphatic heterocycles. The van der Waals surface area contributed by atoms with Gasteiger partial charge in [-0.1, -0.05) is 56.3 Å². The Bertz CT molecular complexity index is 1050. The molecular weight excluding hydrogens is 406 g/mol. The molecule has 1 aromatic rings. The van der Waals surface area contributed by atoms with Gasteiger partial charge in [0.25, 0.3) is 0 Å². The van der Waals surface area contributed by atoms with E-state index in [1.54, 1.807) is 12.3 Å². The van der Waals surface area contributed by atoms with Gasteiger partial charge in [0.05, 0.1) is 5.97 Å². The van der Waals surface area contributed by atoms with E-state index >= 15 is 0 Å². The molecule has 3 rings (SSSR count). The molecule has 0 fully saturated rings. The van der Waals surface area contributed by atoms with Gasteiger partial charge in [-0.25, -0.2) is 0 Å². The number of hydrazone groups is 1. The second kappa shape index (κ2) is 10.7. The van der Waals surface area contributed by atoms with Crippen molar-refractivity contribution in [3.63, 3.8) is 0 Å². The molecule has 0 radical (unpaired) electrons. The standard InChI is InChI=1S/C25H27N3O2S/c1-17(2)18-11-13-21-19(16-23(24(29)30)22(21)14-12-18)8-6-7-15-26-28-25(31)27-20-9-4-3-5-10-20/h3-5,9-17H,6-8H2,1-2H3,(H,29,30)(H2,27,28,31)/p-1/b26-15+. The van der Waals surface area contributed by atoms with Gasteiger partial charge in [-0.05, 0) is 77.9 Å². The lowest BCUT2D eigenvalue weighted by atomic mass is 10.0. The number of aryl methyl sites for hydroxylation is 1. The smallest absolute Gasteiger partial charge is 0.191 e. The van der Waals surface area contributed by atoms with Crippen molar-refractivity contribution in [2.45, 2.75) is 39.0 Å². The van der Waals surface area contributed by atoms with Crippen LogP contribution in [0.15, 0.2) is 65.8 Å². The Morgan fingerprint density at radius 3 is 2.48 bits per heavy atom. The number of nitrogens with zero attached hydrogens (tertiary/aromatic N) is 1. The zero-order valence-electron chi connectivity index (χ0n) is 17.7. The number of aromatic carboxylic acids is 1. The fourth-order valence-electron chi connectivity index (χ4n) is 3.43. The van der Waals surface area contributed by atoms with E-state index in [2.05, 4.69) is 35.8 Å². The van der Waals surface area contributed by atoms with Gasteiger partial charge in [0.15, 0.2) is 5.11 Å². The van der Waals surface area contributed by atoms with Gasteiger partial charge in [-0.15, -0.1) is 0 Å². The van der Waals surface area contributed by atoms with Crippen LogP contribution in [-0.2, 0) is 6.42 Å². The number of hydrogen-bond acceptors (Lipinski definition) is 4. The van der Waals surface area contributed by atoms with Crippen LogP contribution in [0.25, 0.3) is 11.1 Å². The minimum absolute atomic E-state index is 0.253. The number of anilines is 1. The molecule has 1 aromatic carbocycles. The molecule has 0 aromatic heterocycles. The number of carbonyl (C=O) groups is 1. The Balaban J connectivity index is 1.57. The van der Waals surface area contributed by atoms with Gasteiger partial charge in [0, 0.05) is 17.5 Å². The number of hydrogen-bond donors (Lipinski definition) is 2. The minimum atomic E-state index is -1.14. The van der Waals surface area contributed by atoms with Gasteiger partial charge in [-0.3, -0.25) is 5.43 Å². The number of carboxylic acid groups (broad SMARTS) is 1. The van der Waals surface area contributed by atoms with Gasteiger partial charge < -0.3 is 15.2 Å². The molecule has 0 saturated carbocycles. The molecule has 2 N–H and O–H groups in total. The monoisotopic (exact) mass is 432 g/mol. The van der Waals surface area contributed by atoms with Gasteiger partial charge >= 0.3 is 0 Å². The predicted molar refractivity (Wildman–Crippen MR) is 129 cm³/mol. The summed E-state index contributed by atoms with van der Waals surface area (Å²) in [7, 11) is 0. The van der Waals surface area contributed by atoms with Crippen LogP contribution in [0.4, 0.5) is 5.69 Å². The fourth-order valence-corrected chi connectivity index (χ4v) is 3.60. The van der Waals surface area contributed by atoms with Crippen molar-refractivity contribution in [3.05, 3.63) is 77.4 Å². The Morgan fingerprint density at radius 2 is 1.81 bits per heavy atom. The number of unbranched alkanes of at least 4 members (excludes halogenated alkanes) is 1. The number of carboxylic acids is 1. The molecule has 0 spiro atoms. The number of rotatable bonds is 8. The minimum Gasteiger partial charge on any atom is -0.545 e. The molecule has 0 saturated heterocycles. The van der Waals surface area contributed by atoms with E-state index in [1.165, 1.54) is 5.56 Å². The highest BCUT2D eigenvalue weighted by Gasteiger charge is 2.15. The van der Waals surface area contributed by atoms with Crippen LogP contribution >= 0.6 is 12.2 Å². The third-order valence-corrected chi connectivity index (χ3v) is 5.28. The van der Waals surface area contributed by atoms with Gasteiger partial charge in [0.1, 0.15) is 0 Å². The van der Waals surface area contributed by atoms with Crippen molar-refractivity contribution in [2.75, 3.05) is 5.32 Å². The summed E-state index contributed by atoms with van der Waals surface area (Å²) < 4.78 is 0. The average molecular weight is 433 g/mol. The normalized spacial score (nSPS) is 11.2. The first-order valence-electron chi connectivity index (χ1n) is 10.4. The molecule has 0 atom stereocenters. The number of benzene rings is 1. The molecule has 2 aliphatic rings. The first-order chi connectivity index (χ1) is 15.0. The summed E-state index contributed by atoms with van der Waals surface area (Å²) in [4.78, 5) is 11.6. The average Bonchev–Trinajstić information content (AvgIpc) is 2.93. The topological polar surface area (TPSA) is 76.5 Å². The lowest BCUT2D eigenvalue weighted by molar-refractivity contribution is -0.254. The van der Waals surface area contributed by atoms with Crippen molar-refractivity contribution in [1.29, 1.82) is 0 Å². The first-order valence-corrected chi connectivity index (χ1v) is 10.8. The Morgan fingerprint density at radius 1 is 1.10 bits per heavy atom. The second-order valence-corrected chi connectivity index (χ2v) is 8.06. The van der Waals surface area contributed by atoms with Crippen molar-refractivity contribution in [2.24, 2.45) is 5.10 Å². The summed E-state index contributed by atoms with van der Waals surface area (Å²) >= 11 is 5.21. The van der Waals surface area contributed by atoms with E-state index in [9.17, 15) is 9.90 Å². The van der Waals surface area contributed by atoms with Gasteiger partial charge in [0.2, 0.25) is 0 Å². The number of carbonyl (C=O) groups excluding carboxylic acids is 1. The third-order valence-electron chi connectivity index (χ3n) is 5.08. The zero-order valence-corrected chi connectivity index (χ0v) is 18.5. The van der Waals surface area contributed by atoms with Crippen LogP contribution in [0.5, 0.6) is 0 Å². The van der Waals surface area contributed by atoms with E-state index in [-0.39, 0.29) is 5.56 Å². The number of thiocarbonyl (C=S) groups is 1. The number of nitrogens with one attached hydrogen (secondary N) is 2. The number of para-hydroxylation sites is 1. The zero-order chi connectivity index (χ0) is 22.2. The van der Waals surface area contributed by atoms with Crippen LogP contribution in [0, 0.1) is 0 Å². The highest BCUT2D eigenvalue weighted by molar-refractivity contribution is 7.80. The van der Waals surface area contributed by atoms with E-state index in [1.807, 2.05) is 48.5 Å². The summed E-state index contributed by atoms with van der Waals surface area (Å²) in [5, 5.41) is 19.2. The lowest BCUT2D eigenvalue weighted by Gasteiger charge is -2.06. The summed E-state index contributed by atoms with van der Waals surface area (Å²) in [6.45, 7) is 4.24. The fraction of sp³-hybridized carbons (Fsp3) is 0.240. The van der Waals surface area contributed by atoms with Crippen LogP contribution in [0.1, 0.15) is 54.1 Å². The molecule has 0 heterocycles. The summed E-state index contributed by atoms with van der Waals surface area (Å²) in [5.41, 5.74) is 7.84. The molecule has 160 valence electrons. The second-order valence-electron chi connectivity index (χ2n) is 7.66. The van der Waals surface area contributed by atoms with E-state index in [0.717, 1.165) is 41.6 Å². The van der Waals surface area contributed by atoms with E-state index in [0.29, 0.717) is 11.0 Å². The van der Waals surface area contributed by atoms with Gasteiger partial charge in [-0.2, -0.15) is 5.10 Å². The van der Waals surface area contributed by atoms with Crippen LogP contribution in [0.2, 0.25) is 0 Å². The maximum atomic E-state index is 11.6. The maximum absolute atomic E-state index is 11.6. The lowest BCUT2D eigenvalue weighted by Crippen LogP contribution is -2.23. The van der Waals surface area contributed by atoms with E-state index < -0.39 is 5.97 Å². The first kappa shape index (κ1) is 22.4.